The van der Waals surface area contributed by atoms with E-state index in [4.69, 9.17) is 4.42 Å². The van der Waals surface area contributed by atoms with Crippen LogP contribution in [0.3, 0.4) is 0 Å². The van der Waals surface area contributed by atoms with Crippen molar-refractivity contribution >= 4 is 11.6 Å². The second kappa shape index (κ2) is 8.25. The lowest BCUT2D eigenvalue weighted by Crippen LogP contribution is -2.31. The molecule has 0 bridgehead atoms. The number of hydrogen-bond acceptors (Lipinski definition) is 3. The lowest BCUT2D eigenvalue weighted by atomic mass is 10.1. The molecule has 0 spiro atoms. The molecule has 0 atom stereocenters. The second-order valence-electron chi connectivity index (χ2n) is 7.30. The summed E-state index contributed by atoms with van der Waals surface area (Å²) >= 11 is 0. The maximum atomic E-state index is 13.2. The van der Waals surface area contributed by atoms with Gasteiger partial charge in [0.25, 0.3) is 0 Å². The van der Waals surface area contributed by atoms with E-state index < -0.39 is 0 Å². The average Bonchev–Trinajstić information content (AvgIpc) is 3.24. The maximum absolute atomic E-state index is 13.2. The monoisotopic (exact) mass is 365 g/mol. The van der Waals surface area contributed by atoms with Gasteiger partial charge in [0, 0.05) is 23.5 Å². The Bertz CT molecular complexity index is 880. The predicted octanol–water partition coefficient (Wildman–Crippen LogP) is 4.52. The third-order valence-corrected chi connectivity index (χ3v) is 4.66. The minimum atomic E-state index is 0.0351. The number of carbonyl (C=O) groups is 1. The highest BCUT2D eigenvalue weighted by Crippen LogP contribution is 2.21. The van der Waals surface area contributed by atoms with Crippen molar-refractivity contribution in [1.29, 1.82) is 0 Å². The molecule has 3 aromatic rings. The number of para-hydroxylation sites is 1. The van der Waals surface area contributed by atoms with Crippen molar-refractivity contribution < 1.29 is 9.21 Å². The summed E-state index contributed by atoms with van der Waals surface area (Å²) in [5.74, 6) is 1.30. The van der Waals surface area contributed by atoms with Crippen LogP contribution >= 0.6 is 0 Å². The van der Waals surface area contributed by atoms with Gasteiger partial charge in [0.15, 0.2) is 0 Å². The topological polar surface area (TPSA) is 51.3 Å². The van der Waals surface area contributed by atoms with Crippen LogP contribution in [-0.4, -0.2) is 15.7 Å². The smallest absolute Gasteiger partial charge is 0.231 e. The Hall–Kier alpha value is -2.82. The predicted molar refractivity (Wildman–Crippen MR) is 107 cm³/mol. The molecule has 5 nitrogen and oxygen atoms in total. The standard InChI is InChI=1S/C22H27N3O2/c1-16(2)14-25-18(4)21(17(3)23-25)13-22(26)24(15-20-11-8-12-27-20)19-9-6-5-7-10-19/h5-12,16H,13-15H2,1-4H3. The summed E-state index contributed by atoms with van der Waals surface area (Å²) in [6, 6.07) is 13.5. The molecule has 1 amide bonds. The number of amides is 1. The number of hydrogen-bond donors (Lipinski definition) is 0. The number of benzene rings is 1. The first-order valence-corrected chi connectivity index (χ1v) is 9.36. The molecular formula is C22H27N3O2. The third-order valence-electron chi connectivity index (χ3n) is 4.66. The molecule has 0 aliphatic rings. The summed E-state index contributed by atoms with van der Waals surface area (Å²) in [6.45, 7) is 9.63. The number of carbonyl (C=O) groups excluding carboxylic acids is 1. The van der Waals surface area contributed by atoms with Crippen LogP contribution in [-0.2, 0) is 24.3 Å². The minimum absolute atomic E-state index is 0.0351. The number of anilines is 1. The van der Waals surface area contributed by atoms with Crippen LogP contribution in [0.1, 0.15) is 36.6 Å². The molecule has 0 saturated heterocycles. The van der Waals surface area contributed by atoms with Crippen molar-refractivity contribution in [2.45, 2.75) is 47.2 Å². The van der Waals surface area contributed by atoms with E-state index in [-0.39, 0.29) is 5.91 Å². The fourth-order valence-electron chi connectivity index (χ4n) is 3.25. The summed E-state index contributed by atoms with van der Waals surface area (Å²) in [6.07, 6.45) is 1.96. The zero-order valence-electron chi connectivity index (χ0n) is 16.5. The Morgan fingerprint density at radius 2 is 1.89 bits per heavy atom. The number of nitrogens with zero attached hydrogens (tertiary/aromatic N) is 3. The minimum Gasteiger partial charge on any atom is -0.467 e. The molecular weight excluding hydrogens is 338 g/mol. The number of aromatic nitrogens is 2. The van der Waals surface area contributed by atoms with E-state index in [1.807, 2.05) is 61.0 Å². The quantitative estimate of drug-likeness (QED) is 0.618. The van der Waals surface area contributed by atoms with Crippen molar-refractivity contribution in [1.82, 2.24) is 9.78 Å². The average molecular weight is 365 g/mol. The SMILES string of the molecule is Cc1nn(CC(C)C)c(C)c1CC(=O)N(Cc1ccco1)c1ccccc1. The van der Waals surface area contributed by atoms with Gasteiger partial charge < -0.3 is 9.32 Å². The largest absolute Gasteiger partial charge is 0.467 e. The van der Waals surface area contributed by atoms with E-state index in [9.17, 15) is 4.79 Å². The molecule has 0 aliphatic heterocycles. The number of aryl methyl sites for hydroxylation is 1. The first-order valence-electron chi connectivity index (χ1n) is 9.36. The van der Waals surface area contributed by atoms with Gasteiger partial charge in [-0.05, 0) is 44.0 Å². The molecule has 2 aromatic heterocycles. The lowest BCUT2D eigenvalue weighted by molar-refractivity contribution is -0.118. The summed E-state index contributed by atoms with van der Waals surface area (Å²) in [5.41, 5.74) is 3.87. The van der Waals surface area contributed by atoms with Crippen LogP contribution in [0.4, 0.5) is 5.69 Å². The van der Waals surface area contributed by atoms with Gasteiger partial charge in [-0.15, -0.1) is 0 Å². The Morgan fingerprint density at radius 3 is 2.52 bits per heavy atom. The Labute approximate surface area is 160 Å². The molecule has 2 heterocycles. The van der Waals surface area contributed by atoms with Gasteiger partial charge in [0.2, 0.25) is 5.91 Å². The molecule has 0 N–H and O–H groups in total. The summed E-state index contributed by atoms with van der Waals surface area (Å²) in [5, 5.41) is 4.64. The fourth-order valence-corrected chi connectivity index (χ4v) is 3.25. The highest BCUT2D eigenvalue weighted by atomic mass is 16.3. The van der Waals surface area contributed by atoms with E-state index >= 15 is 0 Å². The number of furan rings is 1. The molecule has 0 unspecified atom stereocenters. The fraction of sp³-hybridized carbons (Fsp3) is 0.364. The van der Waals surface area contributed by atoms with Crippen molar-refractivity contribution in [3.63, 3.8) is 0 Å². The van der Waals surface area contributed by atoms with Crippen LogP contribution in [0, 0.1) is 19.8 Å². The zero-order chi connectivity index (χ0) is 19.4. The van der Waals surface area contributed by atoms with E-state index in [2.05, 4.69) is 18.9 Å². The van der Waals surface area contributed by atoms with Gasteiger partial charge in [-0.1, -0.05) is 32.0 Å². The second-order valence-corrected chi connectivity index (χ2v) is 7.30. The molecule has 142 valence electrons. The van der Waals surface area contributed by atoms with Crippen molar-refractivity contribution in [2.75, 3.05) is 4.90 Å². The maximum Gasteiger partial charge on any atom is 0.231 e. The normalized spacial score (nSPS) is 11.1. The van der Waals surface area contributed by atoms with Crippen LogP contribution in [0.2, 0.25) is 0 Å². The summed E-state index contributed by atoms with van der Waals surface area (Å²) < 4.78 is 7.49. The van der Waals surface area contributed by atoms with Crippen LogP contribution < -0.4 is 4.90 Å². The molecule has 27 heavy (non-hydrogen) atoms. The van der Waals surface area contributed by atoms with Gasteiger partial charge in [0.1, 0.15) is 5.76 Å². The Kier molecular flexibility index (Phi) is 5.79. The lowest BCUT2D eigenvalue weighted by Gasteiger charge is -2.22. The first kappa shape index (κ1) is 19.0. The Balaban J connectivity index is 1.86. The van der Waals surface area contributed by atoms with E-state index in [0.717, 1.165) is 34.9 Å². The van der Waals surface area contributed by atoms with Crippen LogP contribution in [0.15, 0.2) is 53.1 Å². The molecule has 0 radical (unpaired) electrons. The molecule has 1 aromatic carbocycles. The van der Waals surface area contributed by atoms with Gasteiger partial charge in [-0.25, -0.2) is 0 Å². The molecule has 0 fully saturated rings. The molecule has 5 heteroatoms. The summed E-state index contributed by atoms with van der Waals surface area (Å²) in [4.78, 5) is 15.0. The van der Waals surface area contributed by atoms with Crippen molar-refractivity contribution in [2.24, 2.45) is 5.92 Å². The molecule has 0 aliphatic carbocycles. The Morgan fingerprint density at radius 1 is 1.15 bits per heavy atom. The highest BCUT2D eigenvalue weighted by Gasteiger charge is 2.22. The van der Waals surface area contributed by atoms with Gasteiger partial charge in [-0.2, -0.15) is 5.10 Å². The van der Waals surface area contributed by atoms with Gasteiger partial charge >= 0.3 is 0 Å². The van der Waals surface area contributed by atoms with Crippen LogP contribution in [0.25, 0.3) is 0 Å². The van der Waals surface area contributed by atoms with Crippen LogP contribution in [0.5, 0.6) is 0 Å². The molecule has 0 saturated carbocycles. The summed E-state index contributed by atoms with van der Waals surface area (Å²) in [7, 11) is 0. The highest BCUT2D eigenvalue weighted by molar-refractivity contribution is 5.94. The first-order chi connectivity index (χ1) is 13.0. The third kappa shape index (κ3) is 4.48. The van der Waals surface area contributed by atoms with E-state index in [0.29, 0.717) is 18.9 Å². The van der Waals surface area contributed by atoms with E-state index in [1.165, 1.54) is 0 Å². The number of rotatable bonds is 7. The van der Waals surface area contributed by atoms with E-state index in [1.54, 1.807) is 11.2 Å². The van der Waals surface area contributed by atoms with Gasteiger partial charge in [0.05, 0.1) is 24.9 Å². The van der Waals surface area contributed by atoms with Gasteiger partial charge in [-0.3, -0.25) is 9.48 Å². The van der Waals surface area contributed by atoms with Crippen molar-refractivity contribution in [3.05, 3.63) is 71.4 Å². The zero-order valence-corrected chi connectivity index (χ0v) is 16.5. The molecule has 3 rings (SSSR count). The van der Waals surface area contributed by atoms with Crippen molar-refractivity contribution in [3.8, 4) is 0 Å².